The van der Waals surface area contributed by atoms with Gasteiger partial charge in [0.1, 0.15) is 0 Å². The molecule has 3 aromatic rings. The molecule has 4 rings (SSSR count). The monoisotopic (exact) mass is 317 g/mol. The van der Waals surface area contributed by atoms with Gasteiger partial charge in [-0.2, -0.15) is 0 Å². The molecule has 0 aromatic heterocycles. The Morgan fingerprint density at radius 3 is 2.09 bits per heavy atom. The van der Waals surface area contributed by atoms with E-state index in [1.54, 1.807) is 0 Å². The molecule has 0 radical (unpaired) electrons. The van der Waals surface area contributed by atoms with E-state index < -0.39 is 0 Å². The van der Waals surface area contributed by atoms with Crippen molar-refractivity contribution in [3.8, 4) is 11.1 Å². The minimum absolute atomic E-state index is 1.03. The van der Waals surface area contributed by atoms with Crippen LogP contribution in [-0.2, 0) is 13.0 Å². The van der Waals surface area contributed by atoms with Crippen molar-refractivity contribution < 1.29 is 0 Å². The van der Waals surface area contributed by atoms with Crippen molar-refractivity contribution >= 4 is 11.9 Å². The first-order valence-electron chi connectivity index (χ1n) is 8.04. The third-order valence-electron chi connectivity index (χ3n) is 4.29. The van der Waals surface area contributed by atoms with E-state index >= 15 is 0 Å². The van der Waals surface area contributed by atoms with Crippen molar-refractivity contribution in [3.05, 3.63) is 90.0 Å². The van der Waals surface area contributed by atoms with Gasteiger partial charge in [-0.15, -0.1) is 0 Å². The zero-order chi connectivity index (χ0) is 15.5. The van der Waals surface area contributed by atoms with Gasteiger partial charge < -0.3 is 0 Å². The summed E-state index contributed by atoms with van der Waals surface area (Å²) in [6.45, 7) is 2.14. The fourth-order valence-corrected chi connectivity index (χ4v) is 3.98. The van der Waals surface area contributed by atoms with Gasteiger partial charge in [-0.1, -0.05) is 66.7 Å². The van der Waals surface area contributed by atoms with Crippen molar-refractivity contribution in [3.63, 3.8) is 0 Å². The Kier molecular flexibility index (Phi) is 4.18. The molecule has 0 spiro atoms. The van der Waals surface area contributed by atoms with Crippen molar-refractivity contribution in [1.29, 1.82) is 0 Å². The van der Waals surface area contributed by atoms with E-state index in [9.17, 15) is 0 Å². The predicted octanol–water partition coefficient (Wildman–Crippen LogP) is 5.42. The number of fused-ring (bicyclic) bond motifs is 1. The molecule has 0 saturated carbocycles. The molecule has 0 bridgehead atoms. The van der Waals surface area contributed by atoms with Crippen LogP contribution in [0.25, 0.3) is 11.1 Å². The molecule has 0 unspecified atom stereocenters. The first-order chi connectivity index (χ1) is 11.4. The van der Waals surface area contributed by atoms with Crippen molar-refractivity contribution in [2.75, 3.05) is 6.54 Å². The minimum Gasteiger partial charge on any atom is -0.242 e. The Morgan fingerprint density at radius 1 is 0.652 bits per heavy atom. The molecule has 3 aromatic carbocycles. The molecular weight excluding hydrogens is 298 g/mol. The summed E-state index contributed by atoms with van der Waals surface area (Å²) in [4.78, 5) is 1.31. The molecule has 2 heteroatoms. The van der Waals surface area contributed by atoms with Crippen LogP contribution in [0.2, 0.25) is 0 Å². The van der Waals surface area contributed by atoms with E-state index in [-0.39, 0.29) is 0 Å². The minimum atomic E-state index is 1.03. The number of hydrogen-bond donors (Lipinski definition) is 0. The van der Waals surface area contributed by atoms with Gasteiger partial charge in [0.05, 0.1) is 0 Å². The fourth-order valence-electron chi connectivity index (χ4n) is 3.04. The second-order valence-electron chi connectivity index (χ2n) is 5.86. The molecule has 1 heterocycles. The van der Waals surface area contributed by atoms with E-state index in [0.29, 0.717) is 0 Å². The smallest absolute Gasteiger partial charge is 0.0346 e. The first kappa shape index (κ1) is 14.6. The molecule has 0 saturated heterocycles. The van der Waals surface area contributed by atoms with Gasteiger partial charge in [-0.25, -0.2) is 4.31 Å². The van der Waals surface area contributed by atoms with E-state index in [2.05, 4.69) is 83.2 Å². The van der Waals surface area contributed by atoms with Crippen LogP contribution < -0.4 is 0 Å². The zero-order valence-electron chi connectivity index (χ0n) is 13.0. The second-order valence-corrected chi connectivity index (χ2v) is 7.03. The molecular formula is C21H19NS. The van der Waals surface area contributed by atoms with Crippen LogP contribution in [-0.4, -0.2) is 10.8 Å². The van der Waals surface area contributed by atoms with Gasteiger partial charge in [0.2, 0.25) is 0 Å². The van der Waals surface area contributed by atoms with Crippen molar-refractivity contribution in [2.45, 2.75) is 17.9 Å². The number of nitrogens with zero attached hydrogens (tertiary/aromatic N) is 1. The third-order valence-corrected chi connectivity index (χ3v) is 5.34. The molecule has 0 aliphatic carbocycles. The van der Waals surface area contributed by atoms with Crippen LogP contribution in [0.3, 0.4) is 0 Å². The Labute approximate surface area is 142 Å². The van der Waals surface area contributed by atoms with Gasteiger partial charge in [-0.05, 0) is 52.8 Å². The maximum Gasteiger partial charge on any atom is 0.0346 e. The highest BCUT2D eigenvalue weighted by Crippen LogP contribution is 2.30. The van der Waals surface area contributed by atoms with Gasteiger partial charge in [0.25, 0.3) is 0 Å². The van der Waals surface area contributed by atoms with E-state index in [0.717, 1.165) is 19.5 Å². The summed E-state index contributed by atoms with van der Waals surface area (Å²) in [5, 5.41) is 0. The van der Waals surface area contributed by atoms with E-state index in [4.69, 9.17) is 0 Å². The number of benzene rings is 3. The lowest BCUT2D eigenvalue weighted by Crippen LogP contribution is -2.24. The molecule has 0 atom stereocenters. The summed E-state index contributed by atoms with van der Waals surface area (Å²) in [7, 11) is 0. The van der Waals surface area contributed by atoms with E-state index in [1.807, 2.05) is 11.9 Å². The molecule has 114 valence electrons. The fraction of sp³-hybridized carbons (Fsp3) is 0.143. The highest BCUT2D eigenvalue weighted by atomic mass is 32.2. The van der Waals surface area contributed by atoms with Crippen LogP contribution in [0.1, 0.15) is 11.1 Å². The standard InChI is InChI=1S/C21H19NS/c1-2-6-17(7-3-1)19-10-12-21(13-11-19)23-22-15-14-18-8-4-5-9-20(18)16-22/h1-13H,14-16H2. The number of hydrogen-bond acceptors (Lipinski definition) is 2. The maximum absolute atomic E-state index is 2.46. The summed E-state index contributed by atoms with van der Waals surface area (Å²) in [5.41, 5.74) is 5.52. The van der Waals surface area contributed by atoms with Gasteiger partial charge in [0.15, 0.2) is 0 Å². The Morgan fingerprint density at radius 2 is 1.30 bits per heavy atom. The van der Waals surface area contributed by atoms with Crippen LogP contribution in [0.4, 0.5) is 0 Å². The average Bonchev–Trinajstić information content (AvgIpc) is 2.63. The summed E-state index contributed by atoms with van der Waals surface area (Å²) in [6, 6.07) is 28.2. The summed E-state index contributed by atoms with van der Waals surface area (Å²) in [6.07, 6.45) is 1.14. The van der Waals surface area contributed by atoms with Crippen LogP contribution in [0.5, 0.6) is 0 Å². The van der Waals surface area contributed by atoms with E-state index in [1.165, 1.54) is 27.1 Å². The molecule has 23 heavy (non-hydrogen) atoms. The average molecular weight is 317 g/mol. The summed E-state index contributed by atoms with van der Waals surface area (Å²) in [5.74, 6) is 0. The molecule has 0 N–H and O–H groups in total. The Balaban J connectivity index is 1.46. The lowest BCUT2D eigenvalue weighted by Gasteiger charge is -2.27. The maximum atomic E-state index is 2.46. The third kappa shape index (κ3) is 3.34. The van der Waals surface area contributed by atoms with Crippen LogP contribution in [0.15, 0.2) is 83.8 Å². The normalized spacial score (nSPS) is 14.4. The summed E-state index contributed by atoms with van der Waals surface area (Å²) < 4.78 is 2.46. The van der Waals surface area contributed by atoms with Crippen molar-refractivity contribution in [2.24, 2.45) is 0 Å². The molecule has 1 nitrogen and oxygen atoms in total. The Bertz CT molecular complexity index is 780. The summed E-state index contributed by atoms with van der Waals surface area (Å²) >= 11 is 1.87. The quantitative estimate of drug-likeness (QED) is 0.593. The molecule has 1 aliphatic heterocycles. The van der Waals surface area contributed by atoms with Crippen LogP contribution >= 0.6 is 11.9 Å². The Hall–Kier alpha value is -2.03. The molecule has 1 aliphatic rings. The van der Waals surface area contributed by atoms with Gasteiger partial charge in [0, 0.05) is 18.0 Å². The lowest BCUT2D eigenvalue weighted by atomic mass is 10.0. The largest absolute Gasteiger partial charge is 0.242 e. The predicted molar refractivity (Wildman–Crippen MR) is 98.3 cm³/mol. The SMILES string of the molecule is c1ccc(-c2ccc(SN3CCc4ccccc4C3)cc2)cc1. The van der Waals surface area contributed by atoms with Crippen LogP contribution in [0, 0.1) is 0 Å². The highest BCUT2D eigenvalue weighted by molar-refractivity contribution is 7.97. The highest BCUT2D eigenvalue weighted by Gasteiger charge is 2.16. The topological polar surface area (TPSA) is 3.24 Å². The number of rotatable bonds is 3. The lowest BCUT2D eigenvalue weighted by molar-refractivity contribution is 0.444. The molecule has 0 fully saturated rings. The van der Waals surface area contributed by atoms with Gasteiger partial charge >= 0.3 is 0 Å². The van der Waals surface area contributed by atoms with Gasteiger partial charge in [-0.3, -0.25) is 0 Å². The first-order valence-corrected chi connectivity index (χ1v) is 8.81. The van der Waals surface area contributed by atoms with Crippen molar-refractivity contribution in [1.82, 2.24) is 4.31 Å². The second kappa shape index (κ2) is 6.61. The zero-order valence-corrected chi connectivity index (χ0v) is 13.8. The molecule has 0 amide bonds.